The van der Waals surface area contributed by atoms with Gasteiger partial charge in [0, 0.05) is 19.1 Å². The first kappa shape index (κ1) is 21.2. The zero-order chi connectivity index (χ0) is 17.9. The Kier molecular flexibility index (Phi) is 7.46. The van der Waals surface area contributed by atoms with Crippen molar-refractivity contribution in [1.82, 2.24) is 9.62 Å². The van der Waals surface area contributed by atoms with E-state index in [-0.39, 0.29) is 40.7 Å². The van der Waals surface area contributed by atoms with Crippen molar-refractivity contribution in [3.63, 3.8) is 0 Å². The van der Waals surface area contributed by atoms with E-state index < -0.39 is 10.0 Å². The lowest BCUT2D eigenvalue weighted by Crippen LogP contribution is -2.41. The van der Waals surface area contributed by atoms with Gasteiger partial charge in [-0.2, -0.15) is 4.31 Å². The van der Waals surface area contributed by atoms with Gasteiger partial charge < -0.3 is 11.1 Å². The number of sulfonamides is 1. The number of rotatable bonds is 5. The van der Waals surface area contributed by atoms with Crippen LogP contribution < -0.4 is 11.1 Å². The number of nitrogens with two attached hydrogens (primary N) is 1. The fraction of sp³-hybridized carbons (Fsp3) is 0.611. The summed E-state index contributed by atoms with van der Waals surface area (Å²) in [6.07, 6.45) is 5.74. The van der Waals surface area contributed by atoms with Crippen LogP contribution in [-0.4, -0.2) is 44.3 Å². The van der Waals surface area contributed by atoms with Crippen molar-refractivity contribution in [2.75, 3.05) is 19.6 Å². The van der Waals surface area contributed by atoms with Gasteiger partial charge in [0.05, 0.1) is 10.5 Å². The highest BCUT2D eigenvalue weighted by atomic mass is 35.5. The molecule has 0 spiro atoms. The van der Waals surface area contributed by atoms with Crippen molar-refractivity contribution >= 4 is 28.3 Å². The van der Waals surface area contributed by atoms with Crippen LogP contribution in [0.2, 0.25) is 0 Å². The molecule has 0 radical (unpaired) electrons. The SMILES string of the molecule is Cl.NCC1CCCC1NC(=O)c1ccccc1S(=O)(=O)N1CCCCC1. The van der Waals surface area contributed by atoms with Crippen molar-refractivity contribution in [3.05, 3.63) is 29.8 Å². The van der Waals surface area contributed by atoms with E-state index in [9.17, 15) is 13.2 Å². The van der Waals surface area contributed by atoms with Crippen LogP contribution in [0.4, 0.5) is 0 Å². The smallest absolute Gasteiger partial charge is 0.252 e. The van der Waals surface area contributed by atoms with Gasteiger partial charge in [-0.05, 0) is 50.3 Å². The quantitative estimate of drug-likeness (QED) is 0.790. The highest BCUT2D eigenvalue weighted by Crippen LogP contribution is 2.27. The van der Waals surface area contributed by atoms with E-state index in [1.54, 1.807) is 18.2 Å². The summed E-state index contributed by atoms with van der Waals surface area (Å²) in [6, 6.07) is 6.54. The number of nitrogens with zero attached hydrogens (tertiary/aromatic N) is 1. The molecule has 3 N–H and O–H groups in total. The van der Waals surface area contributed by atoms with Gasteiger partial charge in [-0.1, -0.05) is 25.0 Å². The van der Waals surface area contributed by atoms with Crippen molar-refractivity contribution in [3.8, 4) is 0 Å². The fourth-order valence-electron chi connectivity index (χ4n) is 3.88. The summed E-state index contributed by atoms with van der Waals surface area (Å²) in [5, 5.41) is 3.01. The Bertz CT molecular complexity index is 720. The minimum atomic E-state index is -3.64. The van der Waals surface area contributed by atoms with E-state index in [2.05, 4.69) is 5.32 Å². The van der Waals surface area contributed by atoms with Crippen LogP contribution in [0.25, 0.3) is 0 Å². The number of benzene rings is 1. The second-order valence-electron chi connectivity index (χ2n) is 6.97. The van der Waals surface area contributed by atoms with Crippen LogP contribution in [0.5, 0.6) is 0 Å². The van der Waals surface area contributed by atoms with Crippen molar-refractivity contribution in [2.24, 2.45) is 11.7 Å². The lowest BCUT2D eigenvalue weighted by Gasteiger charge is -2.27. The molecule has 1 aromatic carbocycles. The Hall–Kier alpha value is -1.15. The van der Waals surface area contributed by atoms with Crippen molar-refractivity contribution in [1.29, 1.82) is 0 Å². The van der Waals surface area contributed by atoms with Crippen LogP contribution in [0, 0.1) is 5.92 Å². The lowest BCUT2D eigenvalue weighted by atomic mass is 10.0. The summed E-state index contributed by atoms with van der Waals surface area (Å²) in [6.45, 7) is 1.59. The maximum absolute atomic E-state index is 13.0. The molecule has 26 heavy (non-hydrogen) atoms. The zero-order valence-electron chi connectivity index (χ0n) is 14.9. The van der Waals surface area contributed by atoms with Crippen molar-refractivity contribution < 1.29 is 13.2 Å². The molecule has 1 aromatic rings. The van der Waals surface area contributed by atoms with E-state index in [1.165, 1.54) is 10.4 Å². The summed E-state index contributed by atoms with van der Waals surface area (Å²) < 4.78 is 27.5. The van der Waals surface area contributed by atoms with E-state index in [4.69, 9.17) is 5.73 Å². The third-order valence-electron chi connectivity index (χ3n) is 5.34. The predicted molar refractivity (Wildman–Crippen MR) is 104 cm³/mol. The maximum atomic E-state index is 13.0. The molecular formula is C18H28ClN3O3S. The molecule has 1 heterocycles. The molecule has 2 fully saturated rings. The van der Waals surface area contributed by atoms with Crippen LogP contribution in [-0.2, 0) is 10.0 Å². The summed E-state index contributed by atoms with van der Waals surface area (Å²) in [5.74, 6) is -0.0450. The molecule has 1 saturated heterocycles. The summed E-state index contributed by atoms with van der Waals surface area (Å²) in [5.41, 5.74) is 6.01. The fourth-order valence-corrected chi connectivity index (χ4v) is 5.58. The number of carbonyl (C=O) groups is 1. The molecule has 1 amide bonds. The van der Waals surface area contributed by atoms with E-state index in [0.717, 1.165) is 38.5 Å². The number of hydrogen-bond acceptors (Lipinski definition) is 4. The summed E-state index contributed by atoms with van der Waals surface area (Å²) in [4.78, 5) is 12.9. The number of hydrogen-bond donors (Lipinski definition) is 2. The van der Waals surface area contributed by atoms with Crippen LogP contribution in [0.3, 0.4) is 0 Å². The third-order valence-corrected chi connectivity index (χ3v) is 7.30. The molecule has 8 heteroatoms. The number of carbonyl (C=O) groups excluding carboxylic acids is 1. The minimum Gasteiger partial charge on any atom is -0.349 e. The number of amides is 1. The van der Waals surface area contributed by atoms with Gasteiger partial charge in [-0.25, -0.2) is 8.42 Å². The molecule has 1 aliphatic heterocycles. The standard InChI is InChI=1S/C18H27N3O3S.ClH/c19-13-14-7-6-9-16(14)20-18(22)15-8-2-3-10-17(15)25(23,24)21-11-4-1-5-12-21;/h2-3,8,10,14,16H,1,4-7,9,11-13,19H2,(H,20,22);1H. The Balaban J connectivity index is 0.00000243. The Morgan fingerprint density at radius 1 is 1.12 bits per heavy atom. The normalized spacial score (nSPS) is 24.0. The number of halogens is 1. The average Bonchev–Trinajstić information content (AvgIpc) is 3.09. The molecule has 1 saturated carbocycles. The van der Waals surface area contributed by atoms with Gasteiger partial charge in [0.2, 0.25) is 10.0 Å². The van der Waals surface area contributed by atoms with E-state index >= 15 is 0 Å². The molecule has 6 nitrogen and oxygen atoms in total. The molecule has 0 aromatic heterocycles. The molecular weight excluding hydrogens is 374 g/mol. The molecule has 2 unspecified atom stereocenters. The van der Waals surface area contributed by atoms with Gasteiger partial charge in [0.1, 0.15) is 0 Å². The third kappa shape index (κ3) is 4.39. The molecule has 0 bridgehead atoms. The van der Waals surface area contributed by atoms with Gasteiger partial charge >= 0.3 is 0 Å². The first-order valence-corrected chi connectivity index (χ1v) is 10.6. The Labute approximate surface area is 162 Å². The second kappa shape index (κ2) is 9.17. The first-order valence-electron chi connectivity index (χ1n) is 9.14. The van der Waals surface area contributed by atoms with Gasteiger partial charge in [-0.3, -0.25) is 4.79 Å². The highest BCUT2D eigenvalue weighted by molar-refractivity contribution is 7.89. The highest BCUT2D eigenvalue weighted by Gasteiger charge is 2.32. The Morgan fingerprint density at radius 2 is 1.81 bits per heavy atom. The van der Waals surface area contributed by atoms with Gasteiger partial charge in [-0.15, -0.1) is 12.4 Å². The van der Waals surface area contributed by atoms with Gasteiger partial charge in [0.15, 0.2) is 0 Å². The summed E-state index contributed by atoms with van der Waals surface area (Å²) >= 11 is 0. The minimum absolute atomic E-state index is 0. The second-order valence-corrected chi connectivity index (χ2v) is 8.87. The molecule has 1 aliphatic carbocycles. The molecule has 146 valence electrons. The maximum Gasteiger partial charge on any atom is 0.252 e. The molecule has 3 rings (SSSR count). The first-order chi connectivity index (χ1) is 12.0. The van der Waals surface area contributed by atoms with Crippen LogP contribution in [0.15, 0.2) is 29.2 Å². The number of nitrogens with one attached hydrogen (secondary N) is 1. The van der Waals surface area contributed by atoms with E-state index in [0.29, 0.717) is 19.6 Å². The van der Waals surface area contributed by atoms with E-state index in [1.807, 2.05) is 0 Å². The number of piperidine rings is 1. The topological polar surface area (TPSA) is 92.5 Å². The van der Waals surface area contributed by atoms with Crippen LogP contribution >= 0.6 is 12.4 Å². The Morgan fingerprint density at radius 3 is 2.50 bits per heavy atom. The lowest BCUT2D eigenvalue weighted by molar-refractivity contribution is 0.0925. The average molecular weight is 402 g/mol. The summed E-state index contributed by atoms with van der Waals surface area (Å²) in [7, 11) is -3.64. The zero-order valence-corrected chi connectivity index (χ0v) is 16.5. The molecule has 2 aliphatic rings. The van der Waals surface area contributed by atoms with Crippen molar-refractivity contribution in [2.45, 2.75) is 49.5 Å². The largest absolute Gasteiger partial charge is 0.349 e. The van der Waals surface area contributed by atoms with Crippen LogP contribution in [0.1, 0.15) is 48.9 Å². The molecule has 2 atom stereocenters. The van der Waals surface area contributed by atoms with Gasteiger partial charge in [0.25, 0.3) is 5.91 Å². The monoisotopic (exact) mass is 401 g/mol. The predicted octanol–water partition coefficient (Wildman–Crippen LogP) is 2.14.